The van der Waals surface area contributed by atoms with Crippen LogP contribution in [0.3, 0.4) is 0 Å². The Balaban J connectivity index is 2.51. The van der Waals surface area contributed by atoms with Crippen LogP contribution in [0, 0.1) is 12.7 Å². The summed E-state index contributed by atoms with van der Waals surface area (Å²) in [5.41, 5.74) is 0.774. The maximum absolute atomic E-state index is 12.7. The fraction of sp³-hybridized carbons (Fsp3) is 0.455. The molecule has 0 fully saturated rings. The Morgan fingerprint density at radius 2 is 2.21 bits per heavy atom. The normalized spacial score (nSPS) is 12.6. The molecule has 1 unspecified atom stereocenters. The number of ether oxygens (including phenoxy) is 1. The van der Waals surface area contributed by atoms with Gasteiger partial charge in [0.15, 0.2) is 0 Å². The molecule has 0 spiro atoms. The van der Waals surface area contributed by atoms with Gasteiger partial charge in [-0.3, -0.25) is 0 Å². The van der Waals surface area contributed by atoms with Crippen molar-refractivity contribution in [3.05, 3.63) is 29.6 Å². The molecule has 1 aromatic rings. The Morgan fingerprint density at radius 3 is 2.79 bits per heavy atom. The predicted molar refractivity (Wildman–Crippen MR) is 52.9 cm³/mol. The van der Waals surface area contributed by atoms with Crippen LogP contribution in [0.15, 0.2) is 18.2 Å². The lowest BCUT2D eigenvalue weighted by atomic mass is 10.2. The van der Waals surface area contributed by atoms with Crippen molar-refractivity contribution in [3.8, 4) is 5.75 Å². The monoisotopic (exact) mass is 198 g/mol. The van der Waals surface area contributed by atoms with Crippen LogP contribution >= 0.6 is 0 Å². The van der Waals surface area contributed by atoms with Crippen molar-refractivity contribution in [3.63, 3.8) is 0 Å². The topological polar surface area (TPSA) is 29.5 Å². The number of halogens is 1. The highest BCUT2D eigenvalue weighted by Crippen LogP contribution is 2.18. The lowest BCUT2D eigenvalue weighted by Gasteiger charge is -2.09. The van der Waals surface area contributed by atoms with Gasteiger partial charge in [-0.25, -0.2) is 4.39 Å². The second-order valence-electron chi connectivity index (χ2n) is 3.40. The average molecular weight is 198 g/mol. The molecule has 2 nitrogen and oxygen atoms in total. The molecule has 1 N–H and O–H groups in total. The third-order valence-electron chi connectivity index (χ3n) is 1.93. The van der Waals surface area contributed by atoms with Gasteiger partial charge in [0.05, 0.1) is 12.7 Å². The van der Waals surface area contributed by atoms with E-state index >= 15 is 0 Å². The molecule has 0 amide bonds. The number of rotatable bonds is 4. The minimum Gasteiger partial charge on any atom is -0.493 e. The summed E-state index contributed by atoms with van der Waals surface area (Å²) in [6.45, 7) is 3.95. The summed E-state index contributed by atoms with van der Waals surface area (Å²) >= 11 is 0. The highest BCUT2D eigenvalue weighted by molar-refractivity contribution is 5.32. The van der Waals surface area contributed by atoms with Crippen molar-refractivity contribution in [2.24, 2.45) is 0 Å². The summed E-state index contributed by atoms with van der Waals surface area (Å²) in [7, 11) is 0. The zero-order chi connectivity index (χ0) is 10.6. The van der Waals surface area contributed by atoms with Crippen molar-refractivity contribution in [2.75, 3.05) is 6.61 Å². The number of hydrogen-bond acceptors (Lipinski definition) is 2. The van der Waals surface area contributed by atoms with E-state index in [1.807, 2.05) is 0 Å². The maximum atomic E-state index is 12.7. The summed E-state index contributed by atoms with van der Waals surface area (Å²) in [5.74, 6) is 0.414. The molecule has 0 saturated heterocycles. The molecule has 0 aliphatic rings. The van der Waals surface area contributed by atoms with E-state index in [2.05, 4.69) is 0 Å². The third kappa shape index (κ3) is 3.34. The number of aryl methyl sites for hydroxylation is 1. The van der Waals surface area contributed by atoms with Gasteiger partial charge in [0, 0.05) is 6.42 Å². The summed E-state index contributed by atoms with van der Waals surface area (Å²) in [6, 6.07) is 4.40. The second kappa shape index (κ2) is 4.96. The van der Waals surface area contributed by atoms with Crippen molar-refractivity contribution < 1.29 is 14.2 Å². The number of hydrogen-bond donors (Lipinski definition) is 1. The zero-order valence-corrected chi connectivity index (χ0v) is 8.46. The van der Waals surface area contributed by atoms with Gasteiger partial charge >= 0.3 is 0 Å². The summed E-state index contributed by atoms with van der Waals surface area (Å²) < 4.78 is 18.1. The van der Waals surface area contributed by atoms with Crippen molar-refractivity contribution in [1.82, 2.24) is 0 Å². The molecule has 1 aromatic carbocycles. The Labute approximate surface area is 83.3 Å². The largest absolute Gasteiger partial charge is 0.493 e. The first kappa shape index (κ1) is 11.0. The van der Waals surface area contributed by atoms with E-state index in [1.54, 1.807) is 19.9 Å². The Bertz CT molecular complexity index is 297. The SMILES string of the molecule is Cc1cc(F)ccc1OCCC(C)O. The fourth-order valence-corrected chi connectivity index (χ4v) is 1.11. The Kier molecular flexibility index (Phi) is 3.89. The molecular weight excluding hydrogens is 183 g/mol. The van der Waals surface area contributed by atoms with Crippen LogP contribution in [0.1, 0.15) is 18.9 Å². The zero-order valence-electron chi connectivity index (χ0n) is 8.46. The molecule has 14 heavy (non-hydrogen) atoms. The molecule has 0 radical (unpaired) electrons. The predicted octanol–water partition coefficient (Wildman–Crippen LogP) is 2.28. The standard InChI is InChI=1S/C11H15FO2/c1-8-7-10(12)3-4-11(8)14-6-5-9(2)13/h3-4,7,9,13H,5-6H2,1-2H3. The lowest BCUT2D eigenvalue weighted by molar-refractivity contribution is 0.155. The molecule has 1 atom stereocenters. The van der Waals surface area contributed by atoms with E-state index in [1.165, 1.54) is 12.1 Å². The van der Waals surface area contributed by atoms with E-state index in [9.17, 15) is 4.39 Å². The molecule has 0 bridgehead atoms. The Hall–Kier alpha value is -1.09. The van der Waals surface area contributed by atoms with E-state index in [0.29, 0.717) is 18.8 Å². The average Bonchev–Trinajstić information content (AvgIpc) is 2.08. The lowest BCUT2D eigenvalue weighted by Crippen LogP contribution is -2.08. The first-order chi connectivity index (χ1) is 6.59. The number of aliphatic hydroxyl groups excluding tert-OH is 1. The van der Waals surface area contributed by atoms with Crippen molar-refractivity contribution in [1.29, 1.82) is 0 Å². The second-order valence-corrected chi connectivity index (χ2v) is 3.40. The van der Waals surface area contributed by atoms with Gasteiger partial charge in [-0.05, 0) is 37.6 Å². The molecule has 0 aliphatic carbocycles. The van der Waals surface area contributed by atoms with E-state index in [0.717, 1.165) is 5.56 Å². The van der Waals surface area contributed by atoms with Gasteiger partial charge in [-0.2, -0.15) is 0 Å². The van der Waals surface area contributed by atoms with Crippen LogP contribution in [0.4, 0.5) is 4.39 Å². The molecule has 0 heterocycles. The molecule has 0 saturated carbocycles. The highest BCUT2D eigenvalue weighted by atomic mass is 19.1. The summed E-state index contributed by atoms with van der Waals surface area (Å²) in [6.07, 6.45) is 0.215. The molecule has 3 heteroatoms. The number of aliphatic hydroxyl groups is 1. The first-order valence-corrected chi connectivity index (χ1v) is 4.66. The van der Waals surface area contributed by atoms with E-state index in [4.69, 9.17) is 9.84 Å². The molecule has 1 rings (SSSR count). The van der Waals surface area contributed by atoms with Crippen LogP contribution in [-0.4, -0.2) is 17.8 Å². The fourth-order valence-electron chi connectivity index (χ4n) is 1.11. The van der Waals surface area contributed by atoms with Crippen molar-refractivity contribution in [2.45, 2.75) is 26.4 Å². The highest BCUT2D eigenvalue weighted by Gasteiger charge is 2.01. The van der Waals surface area contributed by atoms with Gasteiger partial charge in [0.1, 0.15) is 11.6 Å². The first-order valence-electron chi connectivity index (χ1n) is 4.66. The van der Waals surface area contributed by atoms with Gasteiger partial charge in [-0.15, -0.1) is 0 Å². The van der Waals surface area contributed by atoms with E-state index in [-0.39, 0.29) is 11.9 Å². The maximum Gasteiger partial charge on any atom is 0.123 e. The summed E-state index contributed by atoms with van der Waals surface area (Å²) in [5, 5.41) is 9.00. The molecule has 0 aromatic heterocycles. The van der Waals surface area contributed by atoms with Crippen LogP contribution in [0.25, 0.3) is 0 Å². The Morgan fingerprint density at radius 1 is 1.50 bits per heavy atom. The van der Waals surface area contributed by atoms with Crippen LogP contribution in [0.5, 0.6) is 5.75 Å². The molecular formula is C11H15FO2. The minimum atomic E-state index is -0.365. The van der Waals surface area contributed by atoms with Crippen LogP contribution < -0.4 is 4.74 Å². The van der Waals surface area contributed by atoms with Gasteiger partial charge < -0.3 is 9.84 Å². The smallest absolute Gasteiger partial charge is 0.123 e. The summed E-state index contributed by atoms with van der Waals surface area (Å²) in [4.78, 5) is 0. The van der Waals surface area contributed by atoms with Gasteiger partial charge in [0.2, 0.25) is 0 Å². The minimum absolute atomic E-state index is 0.259. The third-order valence-corrected chi connectivity index (χ3v) is 1.93. The van der Waals surface area contributed by atoms with Crippen molar-refractivity contribution >= 4 is 0 Å². The number of benzene rings is 1. The molecule has 0 aliphatic heterocycles. The quantitative estimate of drug-likeness (QED) is 0.804. The van der Waals surface area contributed by atoms with Gasteiger partial charge in [0.25, 0.3) is 0 Å². The van der Waals surface area contributed by atoms with Crippen LogP contribution in [0.2, 0.25) is 0 Å². The van der Waals surface area contributed by atoms with Crippen LogP contribution in [-0.2, 0) is 0 Å². The molecule has 78 valence electrons. The van der Waals surface area contributed by atoms with Gasteiger partial charge in [-0.1, -0.05) is 0 Å². The van der Waals surface area contributed by atoms with E-state index < -0.39 is 0 Å².